The molecule has 0 unspecified atom stereocenters. The van der Waals surface area contributed by atoms with Gasteiger partial charge in [-0.1, -0.05) is 5.16 Å². The number of hydrogen-bond donors (Lipinski definition) is 2. The highest BCUT2D eigenvalue weighted by Crippen LogP contribution is 2.21. The molecule has 6 heteroatoms. The van der Waals surface area contributed by atoms with Gasteiger partial charge in [0.25, 0.3) is 0 Å². The van der Waals surface area contributed by atoms with Gasteiger partial charge in [0.05, 0.1) is 5.41 Å². The Morgan fingerprint density at radius 1 is 1.53 bits per heavy atom. The van der Waals surface area contributed by atoms with E-state index in [2.05, 4.69) is 20.1 Å². The number of H-pyrrole nitrogens is 1. The molecule has 0 aliphatic heterocycles. The minimum Gasteiger partial charge on any atom is -0.342 e. The lowest BCUT2D eigenvalue weighted by Gasteiger charge is -2.15. The summed E-state index contributed by atoms with van der Waals surface area (Å²) >= 11 is 0. The number of imidazole rings is 1. The molecule has 6 nitrogen and oxygen atoms in total. The van der Waals surface area contributed by atoms with Crippen molar-refractivity contribution in [1.29, 1.82) is 0 Å². The summed E-state index contributed by atoms with van der Waals surface area (Å²) in [4.78, 5) is 11.2. The van der Waals surface area contributed by atoms with Gasteiger partial charge in [0.2, 0.25) is 11.7 Å². The van der Waals surface area contributed by atoms with Crippen LogP contribution in [0.1, 0.15) is 19.7 Å². The van der Waals surface area contributed by atoms with E-state index in [0.717, 1.165) is 0 Å². The molecule has 2 rings (SSSR count). The summed E-state index contributed by atoms with van der Waals surface area (Å²) in [6.45, 7) is 4.35. The van der Waals surface area contributed by atoms with Crippen molar-refractivity contribution in [3.05, 3.63) is 18.3 Å². The van der Waals surface area contributed by atoms with Crippen molar-refractivity contribution in [3.8, 4) is 11.6 Å². The first kappa shape index (κ1) is 9.85. The monoisotopic (exact) mass is 207 g/mol. The van der Waals surface area contributed by atoms with Crippen molar-refractivity contribution in [2.24, 2.45) is 5.73 Å². The van der Waals surface area contributed by atoms with Gasteiger partial charge in [-0.05, 0) is 13.8 Å². The Labute approximate surface area is 86.9 Å². The molecule has 0 amide bonds. The van der Waals surface area contributed by atoms with Crippen LogP contribution in [-0.2, 0) is 5.41 Å². The summed E-state index contributed by atoms with van der Waals surface area (Å²) in [5, 5.41) is 3.84. The number of nitrogens with zero attached hydrogens (tertiary/aromatic N) is 3. The number of hydrogen-bond acceptors (Lipinski definition) is 5. The van der Waals surface area contributed by atoms with E-state index in [1.807, 2.05) is 13.8 Å². The summed E-state index contributed by atoms with van der Waals surface area (Å²) in [6.07, 6.45) is 3.35. The standard InChI is InChI=1S/C9H13N5O/c1-9(2,5-10)8-13-7(14-15-8)6-11-3-4-12-6/h3-4H,5,10H2,1-2H3,(H,11,12). The van der Waals surface area contributed by atoms with Crippen molar-refractivity contribution >= 4 is 0 Å². The molecule has 2 aromatic heterocycles. The topological polar surface area (TPSA) is 93.6 Å². The van der Waals surface area contributed by atoms with Gasteiger partial charge in [0, 0.05) is 18.9 Å². The summed E-state index contributed by atoms with van der Waals surface area (Å²) in [7, 11) is 0. The molecular weight excluding hydrogens is 194 g/mol. The number of nitrogens with two attached hydrogens (primary N) is 1. The van der Waals surface area contributed by atoms with E-state index in [9.17, 15) is 0 Å². The molecule has 0 atom stereocenters. The summed E-state index contributed by atoms with van der Waals surface area (Å²) in [6, 6.07) is 0. The third-order valence-corrected chi connectivity index (χ3v) is 2.23. The zero-order valence-corrected chi connectivity index (χ0v) is 8.69. The molecule has 0 aliphatic carbocycles. The first-order valence-corrected chi connectivity index (χ1v) is 4.67. The second-order valence-corrected chi connectivity index (χ2v) is 3.95. The average molecular weight is 207 g/mol. The van der Waals surface area contributed by atoms with Crippen LogP contribution in [-0.4, -0.2) is 26.7 Å². The lowest BCUT2D eigenvalue weighted by Crippen LogP contribution is -2.28. The maximum atomic E-state index is 5.62. The highest BCUT2D eigenvalue weighted by molar-refractivity contribution is 5.41. The zero-order chi connectivity index (χ0) is 10.9. The highest BCUT2D eigenvalue weighted by Gasteiger charge is 2.26. The fourth-order valence-electron chi connectivity index (χ4n) is 1.07. The minimum absolute atomic E-state index is 0.308. The van der Waals surface area contributed by atoms with E-state index in [0.29, 0.717) is 24.1 Å². The van der Waals surface area contributed by atoms with Crippen LogP contribution in [0.2, 0.25) is 0 Å². The molecule has 15 heavy (non-hydrogen) atoms. The molecule has 0 bridgehead atoms. The maximum Gasteiger partial charge on any atom is 0.238 e. The van der Waals surface area contributed by atoms with Crippen molar-refractivity contribution in [2.45, 2.75) is 19.3 Å². The van der Waals surface area contributed by atoms with E-state index in [4.69, 9.17) is 10.3 Å². The largest absolute Gasteiger partial charge is 0.342 e. The van der Waals surface area contributed by atoms with Gasteiger partial charge in [-0.2, -0.15) is 4.98 Å². The molecule has 0 fully saturated rings. The van der Waals surface area contributed by atoms with Crippen LogP contribution in [0.25, 0.3) is 11.6 Å². The van der Waals surface area contributed by atoms with Crippen molar-refractivity contribution in [1.82, 2.24) is 20.1 Å². The quantitative estimate of drug-likeness (QED) is 0.772. The lowest BCUT2D eigenvalue weighted by molar-refractivity contribution is 0.311. The van der Waals surface area contributed by atoms with Crippen molar-refractivity contribution < 1.29 is 4.52 Å². The van der Waals surface area contributed by atoms with Gasteiger partial charge in [-0.25, -0.2) is 4.98 Å². The molecule has 0 aromatic carbocycles. The number of rotatable bonds is 3. The van der Waals surface area contributed by atoms with Crippen LogP contribution in [0.15, 0.2) is 16.9 Å². The first-order chi connectivity index (χ1) is 7.13. The van der Waals surface area contributed by atoms with Gasteiger partial charge in [0.15, 0.2) is 5.82 Å². The third-order valence-electron chi connectivity index (χ3n) is 2.23. The van der Waals surface area contributed by atoms with E-state index in [1.54, 1.807) is 12.4 Å². The van der Waals surface area contributed by atoms with Crippen molar-refractivity contribution in [2.75, 3.05) is 6.54 Å². The second-order valence-electron chi connectivity index (χ2n) is 3.95. The van der Waals surface area contributed by atoms with Crippen LogP contribution < -0.4 is 5.73 Å². The predicted octanol–water partition coefficient (Wildman–Crippen LogP) is 0.696. The second kappa shape index (κ2) is 3.47. The maximum absolute atomic E-state index is 5.62. The highest BCUT2D eigenvalue weighted by atomic mass is 16.5. The van der Waals surface area contributed by atoms with E-state index in [-0.39, 0.29) is 5.41 Å². The minimum atomic E-state index is -0.308. The molecular formula is C9H13N5O. The van der Waals surface area contributed by atoms with Gasteiger partial charge in [-0.3, -0.25) is 0 Å². The fourth-order valence-corrected chi connectivity index (χ4v) is 1.07. The molecule has 2 aromatic rings. The summed E-state index contributed by atoms with van der Waals surface area (Å²) in [5.74, 6) is 1.57. The lowest BCUT2D eigenvalue weighted by atomic mass is 9.94. The molecule has 80 valence electrons. The smallest absolute Gasteiger partial charge is 0.238 e. The molecule has 0 radical (unpaired) electrons. The third kappa shape index (κ3) is 1.75. The normalized spacial score (nSPS) is 11.9. The van der Waals surface area contributed by atoms with Gasteiger partial charge in [0.1, 0.15) is 0 Å². The van der Waals surface area contributed by atoms with E-state index in [1.165, 1.54) is 0 Å². The molecule has 3 N–H and O–H groups in total. The fraction of sp³-hybridized carbons (Fsp3) is 0.444. The van der Waals surface area contributed by atoms with Crippen molar-refractivity contribution in [3.63, 3.8) is 0 Å². The summed E-state index contributed by atoms with van der Waals surface area (Å²) < 4.78 is 5.14. The van der Waals surface area contributed by atoms with Crippen LogP contribution >= 0.6 is 0 Å². The van der Waals surface area contributed by atoms with Crippen LogP contribution in [0.3, 0.4) is 0 Å². The summed E-state index contributed by atoms with van der Waals surface area (Å²) in [5.41, 5.74) is 5.31. The van der Waals surface area contributed by atoms with E-state index >= 15 is 0 Å². The zero-order valence-electron chi connectivity index (χ0n) is 8.69. The Balaban J connectivity index is 2.33. The molecule has 0 saturated carbocycles. The van der Waals surface area contributed by atoms with Crippen LogP contribution in [0.5, 0.6) is 0 Å². The van der Waals surface area contributed by atoms with E-state index < -0.39 is 0 Å². The van der Waals surface area contributed by atoms with Gasteiger partial charge in [-0.15, -0.1) is 0 Å². The van der Waals surface area contributed by atoms with Gasteiger partial charge >= 0.3 is 0 Å². The number of aromatic amines is 1. The Morgan fingerprint density at radius 3 is 2.93 bits per heavy atom. The molecule has 2 heterocycles. The average Bonchev–Trinajstić information content (AvgIpc) is 2.88. The predicted molar refractivity (Wildman–Crippen MR) is 54.0 cm³/mol. The Morgan fingerprint density at radius 2 is 2.33 bits per heavy atom. The molecule has 0 saturated heterocycles. The SMILES string of the molecule is CC(C)(CN)c1nc(-c2ncc[nH]2)no1. The first-order valence-electron chi connectivity index (χ1n) is 4.67. The Bertz CT molecular complexity index is 431. The van der Waals surface area contributed by atoms with Crippen LogP contribution in [0.4, 0.5) is 0 Å². The molecule has 0 aliphatic rings. The Kier molecular flexibility index (Phi) is 2.28. The van der Waals surface area contributed by atoms with Crippen LogP contribution in [0, 0.1) is 0 Å². The van der Waals surface area contributed by atoms with Gasteiger partial charge < -0.3 is 15.2 Å². The number of aromatic nitrogens is 4. The number of nitrogens with one attached hydrogen (secondary N) is 1. The Hall–Kier alpha value is -1.69. The molecule has 0 spiro atoms.